The Morgan fingerprint density at radius 1 is 0.588 bits per heavy atom. The SMILES string of the molecule is OCC1O[C@H](OCC2O[C@@H](O[C@]3(CO)O[C@H](CO)[C@@H](O)C3O)C(O)[C@H](O)[C@@H]2O)C(O)[C@H](O)[C@H]1O. The van der Waals surface area contributed by atoms with Gasteiger partial charge in [-0.3, -0.25) is 0 Å². The van der Waals surface area contributed by atoms with E-state index in [4.69, 9.17) is 23.7 Å². The van der Waals surface area contributed by atoms with Crippen LogP contribution >= 0.6 is 0 Å². The fourth-order valence-corrected chi connectivity index (χ4v) is 4.01. The molecule has 16 nitrogen and oxygen atoms in total. The standard InChI is InChI=1S/C18H32O16/c19-1-5-8(22)11(25)13(27)16(31-5)30-3-7-9(23)12(26)14(28)17(32-7)34-18(4-21)15(29)10(24)6(2-20)33-18/h5-17,19-29H,1-4H2/t5?,6-,7?,8+,9-,10-,11-,12-,13?,14?,15?,16+,17+,18+/m1/s1. The molecule has 3 aliphatic rings. The molecule has 3 heterocycles. The van der Waals surface area contributed by atoms with Gasteiger partial charge in [0.2, 0.25) is 5.79 Å². The molecule has 5 unspecified atom stereocenters. The van der Waals surface area contributed by atoms with Crippen molar-refractivity contribution in [3.05, 3.63) is 0 Å². The number of rotatable bonds is 8. The second-order valence-electron chi connectivity index (χ2n) is 8.41. The van der Waals surface area contributed by atoms with E-state index < -0.39 is 112 Å². The summed E-state index contributed by atoms with van der Waals surface area (Å²) in [6, 6.07) is 0. The molecule has 3 saturated heterocycles. The zero-order valence-electron chi connectivity index (χ0n) is 17.8. The Balaban J connectivity index is 1.69. The van der Waals surface area contributed by atoms with Crippen LogP contribution in [0.1, 0.15) is 0 Å². The van der Waals surface area contributed by atoms with Crippen LogP contribution in [0, 0.1) is 0 Å². The van der Waals surface area contributed by atoms with Crippen molar-refractivity contribution in [2.75, 3.05) is 26.4 Å². The van der Waals surface area contributed by atoms with Crippen molar-refractivity contribution < 1.29 is 79.9 Å². The van der Waals surface area contributed by atoms with Crippen LogP contribution in [0.5, 0.6) is 0 Å². The summed E-state index contributed by atoms with van der Waals surface area (Å²) in [5.41, 5.74) is 0. The van der Waals surface area contributed by atoms with Gasteiger partial charge in [0.15, 0.2) is 12.6 Å². The highest BCUT2D eigenvalue weighted by Gasteiger charge is 2.58. The molecule has 3 aliphatic heterocycles. The average molecular weight is 504 g/mol. The lowest BCUT2D eigenvalue weighted by molar-refractivity contribution is -0.388. The average Bonchev–Trinajstić information content (AvgIpc) is 3.08. The number of aliphatic hydroxyl groups is 11. The quantitative estimate of drug-likeness (QED) is 0.146. The normalized spacial score (nSPS) is 52.1. The molecule has 0 aromatic heterocycles. The molecule has 0 aromatic carbocycles. The first-order chi connectivity index (χ1) is 16.0. The van der Waals surface area contributed by atoms with Crippen molar-refractivity contribution in [3.8, 4) is 0 Å². The van der Waals surface area contributed by atoms with Crippen LogP contribution in [0.2, 0.25) is 0 Å². The molecule has 16 heteroatoms. The highest BCUT2D eigenvalue weighted by atomic mass is 16.8. The Bertz CT molecular complexity index is 653. The summed E-state index contributed by atoms with van der Waals surface area (Å²) in [7, 11) is 0. The van der Waals surface area contributed by atoms with Gasteiger partial charge in [0.05, 0.1) is 19.8 Å². The van der Waals surface area contributed by atoms with Crippen molar-refractivity contribution in [1.29, 1.82) is 0 Å². The fourth-order valence-electron chi connectivity index (χ4n) is 4.01. The van der Waals surface area contributed by atoms with E-state index in [1.54, 1.807) is 0 Å². The summed E-state index contributed by atoms with van der Waals surface area (Å²) in [6.07, 6.45) is -21.8. The minimum Gasteiger partial charge on any atom is -0.394 e. The highest BCUT2D eigenvalue weighted by molar-refractivity contribution is 4.98. The third-order valence-electron chi connectivity index (χ3n) is 6.16. The van der Waals surface area contributed by atoms with Crippen LogP contribution in [0.3, 0.4) is 0 Å². The van der Waals surface area contributed by atoms with E-state index >= 15 is 0 Å². The molecule has 0 aliphatic carbocycles. The molecular formula is C18H32O16. The van der Waals surface area contributed by atoms with E-state index in [-0.39, 0.29) is 0 Å². The summed E-state index contributed by atoms with van der Waals surface area (Å²) < 4.78 is 26.4. The van der Waals surface area contributed by atoms with Crippen LogP contribution in [0.4, 0.5) is 0 Å². The molecule has 3 rings (SSSR count). The fraction of sp³-hybridized carbons (Fsp3) is 1.00. The maximum Gasteiger partial charge on any atom is 0.224 e. The third-order valence-corrected chi connectivity index (χ3v) is 6.16. The Labute approximate surface area is 192 Å². The molecule has 0 spiro atoms. The Kier molecular flexibility index (Phi) is 9.18. The lowest BCUT2D eigenvalue weighted by Gasteiger charge is -2.44. The van der Waals surface area contributed by atoms with Gasteiger partial charge in [-0.2, -0.15) is 0 Å². The van der Waals surface area contributed by atoms with Gasteiger partial charge in [0.25, 0.3) is 0 Å². The van der Waals surface area contributed by atoms with Crippen LogP contribution in [-0.4, -0.2) is 168 Å². The molecule has 11 N–H and O–H groups in total. The Morgan fingerprint density at radius 2 is 1.12 bits per heavy atom. The summed E-state index contributed by atoms with van der Waals surface area (Å²) in [6.45, 7) is -3.14. The summed E-state index contributed by atoms with van der Waals surface area (Å²) >= 11 is 0. The van der Waals surface area contributed by atoms with Crippen molar-refractivity contribution >= 4 is 0 Å². The van der Waals surface area contributed by atoms with Crippen LogP contribution < -0.4 is 0 Å². The number of aliphatic hydroxyl groups excluding tert-OH is 11. The second-order valence-corrected chi connectivity index (χ2v) is 8.41. The molecule has 34 heavy (non-hydrogen) atoms. The van der Waals surface area contributed by atoms with Gasteiger partial charge in [-0.1, -0.05) is 0 Å². The molecule has 14 atom stereocenters. The maximum atomic E-state index is 10.3. The van der Waals surface area contributed by atoms with E-state index in [0.717, 1.165) is 0 Å². The minimum absolute atomic E-state index is 0.634. The van der Waals surface area contributed by atoms with Crippen LogP contribution in [-0.2, 0) is 23.7 Å². The third kappa shape index (κ3) is 5.09. The summed E-state index contributed by atoms with van der Waals surface area (Å²) in [5.74, 6) is -2.36. The molecular weight excluding hydrogens is 472 g/mol. The van der Waals surface area contributed by atoms with E-state index in [2.05, 4.69) is 0 Å². The monoisotopic (exact) mass is 504 g/mol. The number of ether oxygens (including phenoxy) is 5. The van der Waals surface area contributed by atoms with Crippen LogP contribution in [0.15, 0.2) is 0 Å². The topological polar surface area (TPSA) is 269 Å². The van der Waals surface area contributed by atoms with Crippen LogP contribution in [0.25, 0.3) is 0 Å². The lowest BCUT2D eigenvalue weighted by Crippen LogP contribution is -2.63. The first kappa shape index (κ1) is 27.9. The first-order valence-electron chi connectivity index (χ1n) is 10.6. The molecule has 0 amide bonds. The molecule has 3 fully saturated rings. The second kappa shape index (κ2) is 11.2. The predicted octanol–water partition coefficient (Wildman–Crippen LogP) is -7.57. The minimum atomic E-state index is -2.36. The molecule has 0 saturated carbocycles. The van der Waals surface area contributed by atoms with E-state index in [0.29, 0.717) is 0 Å². The zero-order valence-corrected chi connectivity index (χ0v) is 17.8. The molecule has 0 radical (unpaired) electrons. The number of hydrogen-bond donors (Lipinski definition) is 11. The van der Waals surface area contributed by atoms with Crippen molar-refractivity contribution in [1.82, 2.24) is 0 Å². The van der Waals surface area contributed by atoms with Gasteiger partial charge in [0, 0.05) is 0 Å². The van der Waals surface area contributed by atoms with Gasteiger partial charge in [-0.05, 0) is 0 Å². The van der Waals surface area contributed by atoms with Gasteiger partial charge >= 0.3 is 0 Å². The van der Waals surface area contributed by atoms with E-state index in [1.807, 2.05) is 0 Å². The van der Waals surface area contributed by atoms with Gasteiger partial charge in [-0.15, -0.1) is 0 Å². The lowest BCUT2D eigenvalue weighted by atomic mass is 9.98. The Hall–Kier alpha value is -0.640. The molecule has 200 valence electrons. The van der Waals surface area contributed by atoms with E-state index in [9.17, 15) is 56.2 Å². The van der Waals surface area contributed by atoms with Crippen molar-refractivity contribution in [2.24, 2.45) is 0 Å². The zero-order chi connectivity index (χ0) is 25.4. The van der Waals surface area contributed by atoms with Gasteiger partial charge in [-0.25, -0.2) is 0 Å². The predicted molar refractivity (Wildman–Crippen MR) is 101 cm³/mol. The van der Waals surface area contributed by atoms with Gasteiger partial charge in [0.1, 0.15) is 73.8 Å². The van der Waals surface area contributed by atoms with Crippen molar-refractivity contribution in [2.45, 2.75) is 85.5 Å². The Morgan fingerprint density at radius 3 is 1.65 bits per heavy atom. The first-order valence-corrected chi connectivity index (χ1v) is 10.6. The van der Waals surface area contributed by atoms with Crippen molar-refractivity contribution in [3.63, 3.8) is 0 Å². The molecule has 0 aromatic rings. The van der Waals surface area contributed by atoms with Gasteiger partial charge < -0.3 is 79.9 Å². The number of hydrogen-bond acceptors (Lipinski definition) is 16. The summed E-state index contributed by atoms with van der Waals surface area (Å²) in [5, 5.41) is 109. The molecule has 0 bridgehead atoms. The largest absolute Gasteiger partial charge is 0.394 e. The van der Waals surface area contributed by atoms with E-state index in [1.165, 1.54) is 0 Å². The highest BCUT2D eigenvalue weighted by Crippen LogP contribution is 2.36. The smallest absolute Gasteiger partial charge is 0.224 e. The maximum absolute atomic E-state index is 10.3. The summed E-state index contributed by atoms with van der Waals surface area (Å²) in [4.78, 5) is 0.